The Morgan fingerprint density at radius 1 is 1.22 bits per heavy atom. The number of carbonyl (C=O) groups excluding carboxylic acids is 1. The number of anilines is 2. The van der Waals surface area contributed by atoms with Gasteiger partial charge in [0.15, 0.2) is 0 Å². The minimum Gasteiger partial charge on any atom is -0.383 e. The molecule has 1 saturated carbocycles. The largest absolute Gasteiger partial charge is 0.383 e. The number of nitrogens with zero attached hydrogens (tertiary/aromatic N) is 4. The molecule has 0 atom stereocenters. The molecule has 1 aliphatic carbocycles. The summed E-state index contributed by atoms with van der Waals surface area (Å²) in [6, 6.07) is 7.52. The van der Waals surface area contributed by atoms with Crippen LogP contribution in [0.5, 0.6) is 0 Å². The highest BCUT2D eigenvalue weighted by atomic mass is 32.2. The number of hydrogen-bond donors (Lipinski definition) is 2. The minimum absolute atomic E-state index is 0.175. The predicted molar refractivity (Wildman–Crippen MR) is 141 cm³/mol. The van der Waals surface area contributed by atoms with Crippen LogP contribution in [0.25, 0.3) is 11.0 Å². The van der Waals surface area contributed by atoms with Crippen LogP contribution in [0.3, 0.4) is 0 Å². The van der Waals surface area contributed by atoms with E-state index < -0.39 is 10.8 Å². The third-order valence-corrected chi connectivity index (χ3v) is 8.10. The monoisotopic (exact) mass is 506 g/mol. The van der Waals surface area contributed by atoms with E-state index in [-0.39, 0.29) is 17.3 Å². The molecule has 0 spiro atoms. The van der Waals surface area contributed by atoms with Gasteiger partial charge in [-0.2, -0.15) is 0 Å². The van der Waals surface area contributed by atoms with Crippen LogP contribution in [0.15, 0.2) is 30.6 Å². The molecule has 0 unspecified atom stereocenters. The number of hydrogen-bond acceptors (Lipinski definition) is 7. The summed E-state index contributed by atoms with van der Waals surface area (Å²) in [7, 11) is 0.908. The lowest BCUT2D eigenvalue weighted by molar-refractivity contribution is 0.102. The molecule has 2 aliphatic rings. The van der Waals surface area contributed by atoms with Gasteiger partial charge in [0.25, 0.3) is 5.91 Å². The predicted octanol–water partition coefficient (Wildman–Crippen LogP) is 2.34. The number of rotatable bonds is 6. The fourth-order valence-corrected chi connectivity index (χ4v) is 5.65. The lowest BCUT2D eigenvalue weighted by Gasteiger charge is -2.23. The molecule has 36 heavy (non-hydrogen) atoms. The first-order valence-electron chi connectivity index (χ1n) is 12.0. The molecule has 0 bridgehead atoms. The molecule has 1 saturated heterocycles. The lowest BCUT2D eigenvalue weighted by atomic mass is 10.1. The lowest BCUT2D eigenvalue weighted by Crippen LogP contribution is -2.37. The van der Waals surface area contributed by atoms with Gasteiger partial charge >= 0.3 is 0 Å². The van der Waals surface area contributed by atoms with E-state index in [1.54, 1.807) is 7.11 Å². The molecule has 1 aliphatic heterocycles. The maximum Gasteiger partial charge on any atom is 0.259 e. The van der Waals surface area contributed by atoms with Crippen LogP contribution in [-0.4, -0.2) is 67.8 Å². The van der Waals surface area contributed by atoms with Crippen LogP contribution in [0.1, 0.15) is 41.4 Å². The van der Waals surface area contributed by atoms with Crippen molar-refractivity contribution in [3.63, 3.8) is 0 Å². The van der Waals surface area contributed by atoms with Crippen molar-refractivity contribution in [2.24, 2.45) is 0 Å². The standard InChI is InChI=1S/C26H30N6O3S/c1-26(9-10-26)32-20(4-3-11-31-12-14-36(34)15-13-31)21(22-23(27)28-17-29-24(22)32)25(33)30-19-7-5-18(6-8-19)16-35-2/h5-8,17H,9-16H2,1-2H3,(H,30,33)(H2,27,28,29). The molecule has 2 aromatic heterocycles. The molecule has 10 heteroatoms. The summed E-state index contributed by atoms with van der Waals surface area (Å²) in [5.74, 6) is 7.84. The number of carbonyl (C=O) groups is 1. The van der Waals surface area contributed by atoms with Crippen LogP contribution in [0, 0.1) is 11.8 Å². The highest BCUT2D eigenvalue weighted by molar-refractivity contribution is 7.85. The van der Waals surface area contributed by atoms with Crippen molar-refractivity contribution in [3.8, 4) is 11.8 Å². The van der Waals surface area contributed by atoms with Crippen LogP contribution in [0.4, 0.5) is 11.5 Å². The normalized spacial score (nSPS) is 17.5. The fraction of sp³-hybridized carbons (Fsp3) is 0.423. The van der Waals surface area contributed by atoms with E-state index in [9.17, 15) is 9.00 Å². The zero-order valence-corrected chi connectivity index (χ0v) is 21.4. The second-order valence-electron chi connectivity index (χ2n) is 9.52. The summed E-state index contributed by atoms with van der Waals surface area (Å²) in [6.45, 7) is 4.70. The van der Waals surface area contributed by atoms with Gasteiger partial charge in [-0.05, 0) is 43.4 Å². The van der Waals surface area contributed by atoms with Crippen molar-refractivity contribution in [1.29, 1.82) is 0 Å². The number of aromatic nitrogens is 3. The number of ether oxygens (including phenoxy) is 1. The number of amides is 1. The van der Waals surface area contributed by atoms with Gasteiger partial charge in [-0.1, -0.05) is 18.1 Å². The summed E-state index contributed by atoms with van der Waals surface area (Å²) in [6.07, 6.45) is 3.37. The number of fused-ring (bicyclic) bond motifs is 1. The van der Waals surface area contributed by atoms with Crippen molar-refractivity contribution in [1.82, 2.24) is 19.4 Å². The summed E-state index contributed by atoms with van der Waals surface area (Å²) >= 11 is 0. The molecule has 1 aromatic carbocycles. The molecule has 9 nitrogen and oxygen atoms in total. The van der Waals surface area contributed by atoms with E-state index in [2.05, 4.69) is 43.5 Å². The molecular weight excluding hydrogens is 476 g/mol. The van der Waals surface area contributed by atoms with Gasteiger partial charge < -0.3 is 20.4 Å². The van der Waals surface area contributed by atoms with Crippen molar-refractivity contribution in [2.45, 2.75) is 31.9 Å². The summed E-state index contributed by atoms with van der Waals surface area (Å²) in [5, 5.41) is 3.53. The first-order chi connectivity index (χ1) is 17.4. The van der Waals surface area contributed by atoms with Crippen molar-refractivity contribution in [2.75, 3.05) is 49.3 Å². The Hall–Kier alpha value is -3.26. The Bertz CT molecular complexity index is 1370. The van der Waals surface area contributed by atoms with E-state index in [0.29, 0.717) is 52.6 Å². The molecule has 0 radical (unpaired) electrons. The molecule has 188 valence electrons. The zero-order chi connectivity index (χ0) is 25.3. The van der Waals surface area contributed by atoms with Crippen molar-refractivity contribution >= 4 is 39.2 Å². The zero-order valence-electron chi connectivity index (χ0n) is 20.5. The second kappa shape index (κ2) is 10.0. The van der Waals surface area contributed by atoms with E-state index in [4.69, 9.17) is 10.5 Å². The average molecular weight is 507 g/mol. The van der Waals surface area contributed by atoms with Crippen molar-refractivity contribution in [3.05, 3.63) is 47.4 Å². The molecule has 3 heterocycles. The molecule has 3 N–H and O–H groups in total. The van der Waals surface area contributed by atoms with Gasteiger partial charge in [0.1, 0.15) is 23.5 Å². The highest BCUT2D eigenvalue weighted by Crippen LogP contribution is 2.47. The fourth-order valence-electron chi connectivity index (χ4n) is 4.52. The number of nitrogens with two attached hydrogens (primary N) is 1. The number of nitrogens with one attached hydrogen (secondary N) is 1. The number of benzene rings is 1. The van der Waals surface area contributed by atoms with Crippen LogP contribution in [-0.2, 0) is 27.7 Å². The smallest absolute Gasteiger partial charge is 0.259 e. The average Bonchev–Trinajstić information content (AvgIpc) is 3.50. The summed E-state index contributed by atoms with van der Waals surface area (Å²) in [5.41, 5.74) is 9.42. The molecule has 5 rings (SSSR count). The van der Waals surface area contributed by atoms with Gasteiger partial charge in [-0.25, -0.2) is 9.97 Å². The minimum atomic E-state index is -0.738. The van der Waals surface area contributed by atoms with E-state index in [1.807, 2.05) is 24.3 Å². The Kier molecular flexibility index (Phi) is 6.79. The number of nitrogen functional groups attached to an aromatic ring is 1. The van der Waals surface area contributed by atoms with Gasteiger partial charge in [0.05, 0.1) is 24.1 Å². The number of methoxy groups -OCH3 is 1. The maximum absolute atomic E-state index is 13.7. The summed E-state index contributed by atoms with van der Waals surface area (Å²) in [4.78, 5) is 24.6. The highest BCUT2D eigenvalue weighted by Gasteiger charge is 2.44. The topological polar surface area (TPSA) is 115 Å². The maximum atomic E-state index is 13.7. The van der Waals surface area contributed by atoms with E-state index in [1.165, 1.54) is 6.33 Å². The van der Waals surface area contributed by atoms with Crippen LogP contribution < -0.4 is 11.1 Å². The van der Waals surface area contributed by atoms with Gasteiger partial charge in [-0.3, -0.25) is 13.9 Å². The van der Waals surface area contributed by atoms with Gasteiger partial charge in [-0.15, -0.1) is 0 Å². The van der Waals surface area contributed by atoms with E-state index in [0.717, 1.165) is 31.5 Å². The first-order valence-corrected chi connectivity index (χ1v) is 13.5. The Morgan fingerprint density at radius 2 is 1.94 bits per heavy atom. The summed E-state index contributed by atoms with van der Waals surface area (Å²) < 4.78 is 18.9. The molecule has 2 fully saturated rings. The molecule has 1 amide bonds. The Morgan fingerprint density at radius 3 is 2.61 bits per heavy atom. The molecular formula is C26H30N6O3S. The second-order valence-corrected chi connectivity index (χ2v) is 11.2. The first kappa shape index (κ1) is 24.4. The third-order valence-electron chi connectivity index (χ3n) is 6.82. The van der Waals surface area contributed by atoms with Crippen LogP contribution in [0.2, 0.25) is 0 Å². The van der Waals surface area contributed by atoms with Gasteiger partial charge in [0, 0.05) is 53.7 Å². The SMILES string of the molecule is COCc1ccc(NC(=O)c2c(C#CCN3CCS(=O)CC3)n(C3(C)CC3)c3ncnc(N)c23)cc1. The third kappa shape index (κ3) is 4.87. The van der Waals surface area contributed by atoms with E-state index >= 15 is 0 Å². The van der Waals surface area contributed by atoms with Gasteiger partial charge in [0.2, 0.25) is 0 Å². The molecule has 3 aromatic rings. The van der Waals surface area contributed by atoms with Crippen molar-refractivity contribution < 1.29 is 13.7 Å². The Labute approximate surface area is 212 Å². The van der Waals surface area contributed by atoms with Crippen LogP contribution >= 0.6 is 0 Å². The Balaban J connectivity index is 1.54. The quantitative estimate of drug-likeness (QED) is 0.493.